The third-order valence-corrected chi connectivity index (χ3v) is 3.71. The highest BCUT2D eigenvalue weighted by molar-refractivity contribution is 5.87. The van der Waals surface area contributed by atoms with Gasteiger partial charge in [-0.15, -0.1) is 0 Å². The van der Waals surface area contributed by atoms with Gasteiger partial charge < -0.3 is 15.3 Å². The van der Waals surface area contributed by atoms with E-state index in [2.05, 4.69) is 10.1 Å². The Labute approximate surface area is 142 Å². The van der Waals surface area contributed by atoms with Crippen LogP contribution in [0.2, 0.25) is 0 Å². The van der Waals surface area contributed by atoms with E-state index in [9.17, 15) is 13.2 Å². The van der Waals surface area contributed by atoms with Crippen LogP contribution in [0.3, 0.4) is 0 Å². The standard InChI is InChI=1S/C17H16F3N3O2/c18-17(19,20)16-6-5-11(9-22-16)14-3-1-2-4-15(14)24-10-13-7-12(8-21)23-25-13/h1-6,9,13H,7-8,10,21H2. The minimum absolute atomic E-state index is 0.225. The molecule has 2 aromatic rings. The first-order valence-electron chi connectivity index (χ1n) is 7.64. The maximum Gasteiger partial charge on any atom is 0.433 e. The molecule has 0 saturated carbocycles. The molecule has 2 heterocycles. The number of rotatable bonds is 5. The molecule has 8 heteroatoms. The van der Waals surface area contributed by atoms with Gasteiger partial charge in [-0.3, -0.25) is 4.98 Å². The molecule has 1 aliphatic rings. The van der Waals surface area contributed by atoms with Crippen molar-refractivity contribution in [2.24, 2.45) is 10.9 Å². The zero-order valence-corrected chi connectivity index (χ0v) is 13.2. The van der Waals surface area contributed by atoms with Crippen molar-refractivity contribution in [1.82, 2.24) is 4.98 Å². The number of hydrogen-bond donors (Lipinski definition) is 1. The van der Waals surface area contributed by atoms with E-state index in [1.165, 1.54) is 12.3 Å². The molecule has 0 bridgehead atoms. The summed E-state index contributed by atoms with van der Waals surface area (Å²) in [5.74, 6) is 0.536. The van der Waals surface area contributed by atoms with Gasteiger partial charge in [0.1, 0.15) is 18.1 Å². The van der Waals surface area contributed by atoms with Crippen LogP contribution in [0.15, 0.2) is 47.8 Å². The predicted octanol–water partition coefficient (Wildman–Crippen LogP) is 3.25. The van der Waals surface area contributed by atoms with Crippen molar-refractivity contribution in [2.45, 2.75) is 18.7 Å². The number of oxime groups is 1. The number of ether oxygens (including phenoxy) is 1. The third kappa shape index (κ3) is 4.08. The molecule has 0 amide bonds. The quantitative estimate of drug-likeness (QED) is 0.898. The topological polar surface area (TPSA) is 69.7 Å². The Morgan fingerprint density at radius 1 is 1.20 bits per heavy atom. The number of aromatic nitrogens is 1. The monoisotopic (exact) mass is 351 g/mol. The van der Waals surface area contributed by atoms with Gasteiger partial charge in [-0.1, -0.05) is 29.4 Å². The number of alkyl halides is 3. The van der Waals surface area contributed by atoms with Gasteiger partial charge in [-0.25, -0.2) is 0 Å². The van der Waals surface area contributed by atoms with Crippen molar-refractivity contribution in [2.75, 3.05) is 13.2 Å². The van der Waals surface area contributed by atoms with E-state index < -0.39 is 11.9 Å². The van der Waals surface area contributed by atoms with Crippen molar-refractivity contribution in [1.29, 1.82) is 0 Å². The molecule has 0 aliphatic carbocycles. The summed E-state index contributed by atoms with van der Waals surface area (Å²) in [4.78, 5) is 8.71. The van der Waals surface area contributed by atoms with Gasteiger partial charge >= 0.3 is 6.18 Å². The van der Waals surface area contributed by atoms with E-state index >= 15 is 0 Å². The Morgan fingerprint density at radius 3 is 2.64 bits per heavy atom. The summed E-state index contributed by atoms with van der Waals surface area (Å²) in [6.45, 7) is 0.600. The first-order chi connectivity index (χ1) is 12.0. The number of nitrogens with two attached hydrogens (primary N) is 1. The highest BCUT2D eigenvalue weighted by atomic mass is 19.4. The smallest absolute Gasteiger partial charge is 0.433 e. The molecule has 132 valence electrons. The minimum Gasteiger partial charge on any atom is -0.489 e. The van der Waals surface area contributed by atoms with Crippen molar-refractivity contribution < 1.29 is 22.7 Å². The van der Waals surface area contributed by atoms with E-state index in [1.54, 1.807) is 24.3 Å². The van der Waals surface area contributed by atoms with Crippen LogP contribution in [0.5, 0.6) is 5.75 Å². The van der Waals surface area contributed by atoms with Crippen LogP contribution in [-0.2, 0) is 11.0 Å². The zero-order chi connectivity index (χ0) is 17.9. The molecule has 1 aliphatic heterocycles. The number of halogens is 3. The Bertz CT molecular complexity index is 760. The molecule has 0 spiro atoms. The van der Waals surface area contributed by atoms with Gasteiger partial charge in [-0.2, -0.15) is 13.2 Å². The van der Waals surface area contributed by atoms with Crippen molar-refractivity contribution in [3.63, 3.8) is 0 Å². The number of nitrogens with zero attached hydrogens (tertiary/aromatic N) is 2. The van der Waals surface area contributed by atoms with Crippen molar-refractivity contribution >= 4 is 5.71 Å². The molecule has 0 fully saturated rings. The summed E-state index contributed by atoms with van der Waals surface area (Å²) < 4.78 is 43.7. The first-order valence-corrected chi connectivity index (χ1v) is 7.64. The SMILES string of the molecule is NCC1=NOC(COc2ccccc2-c2ccc(C(F)(F)F)nc2)C1. The fourth-order valence-electron chi connectivity index (χ4n) is 2.43. The van der Waals surface area contributed by atoms with Crippen molar-refractivity contribution in [3.05, 3.63) is 48.3 Å². The van der Waals surface area contributed by atoms with E-state index in [0.717, 1.165) is 11.8 Å². The highest BCUT2D eigenvalue weighted by Gasteiger charge is 2.32. The number of para-hydroxylation sites is 1. The van der Waals surface area contributed by atoms with Crippen LogP contribution in [0.1, 0.15) is 12.1 Å². The molecular weight excluding hydrogens is 335 g/mol. The van der Waals surface area contributed by atoms with Gasteiger partial charge in [0.2, 0.25) is 0 Å². The van der Waals surface area contributed by atoms with Crippen LogP contribution < -0.4 is 10.5 Å². The van der Waals surface area contributed by atoms with Crippen LogP contribution >= 0.6 is 0 Å². The maximum atomic E-state index is 12.6. The number of pyridine rings is 1. The minimum atomic E-state index is -4.46. The zero-order valence-electron chi connectivity index (χ0n) is 13.2. The molecule has 25 heavy (non-hydrogen) atoms. The second-order valence-corrected chi connectivity index (χ2v) is 5.53. The Morgan fingerprint density at radius 2 is 2.00 bits per heavy atom. The van der Waals surface area contributed by atoms with Gasteiger partial charge in [0.05, 0.1) is 5.71 Å². The summed E-state index contributed by atoms with van der Waals surface area (Å²) in [7, 11) is 0. The van der Waals surface area contributed by atoms with Crippen LogP contribution in [-0.4, -0.2) is 30.0 Å². The molecule has 1 aromatic carbocycles. The Hall–Kier alpha value is -2.61. The fourth-order valence-corrected chi connectivity index (χ4v) is 2.43. The third-order valence-electron chi connectivity index (χ3n) is 3.71. The molecular formula is C17H16F3N3O2. The molecule has 1 atom stereocenters. The average molecular weight is 351 g/mol. The fraction of sp³-hybridized carbons (Fsp3) is 0.294. The van der Waals surface area contributed by atoms with Crippen molar-refractivity contribution in [3.8, 4) is 16.9 Å². The van der Waals surface area contributed by atoms with Crippen LogP contribution in [0.4, 0.5) is 13.2 Å². The van der Waals surface area contributed by atoms with E-state index in [-0.39, 0.29) is 12.7 Å². The lowest BCUT2D eigenvalue weighted by Gasteiger charge is -2.14. The molecule has 1 unspecified atom stereocenters. The summed E-state index contributed by atoms with van der Waals surface area (Å²) >= 11 is 0. The van der Waals surface area contributed by atoms with Gasteiger partial charge in [-0.05, 0) is 12.1 Å². The van der Waals surface area contributed by atoms with E-state index in [1.807, 2.05) is 0 Å². The average Bonchev–Trinajstić information content (AvgIpc) is 3.08. The maximum absolute atomic E-state index is 12.6. The predicted molar refractivity (Wildman–Crippen MR) is 86.1 cm³/mol. The van der Waals surface area contributed by atoms with E-state index in [0.29, 0.717) is 29.8 Å². The largest absolute Gasteiger partial charge is 0.489 e. The Kier molecular flexibility index (Phi) is 4.89. The molecule has 0 radical (unpaired) electrons. The van der Waals surface area contributed by atoms with Crippen LogP contribution in [0, 0.1) is 0 Å². The normalized spacial score (nSPS) is 17.1. The lowest BCUT2D eigenvalue weighted by Crippen LogP contribution is -2.20. The molecule has 1 aromatic heterocycles. The Balaban J connectivity index is 1.73. The van der Waals surface area contributed by atoms with Gasteiger partial charge in [0, 0.05) is 30.3 Å². The van der Waals surface area contributed by atoms with E-state index in [4.69, 9.17) is 15.3 Å². The summed E-state index contributed by atoms with van der Waals surface area (Å²) in [5.41, 5.74) is 6.54. The van der Waals surface area contributed by atoms with Gasteiger partial charge in [0.15, 0.2) is 6.10 Å². The molecule has 3 rings (SSSR count). The highest BCUT2D eigenvalue weighted by Crippen LogP contribution is 2.32. The number of benzene rings is 1. The molecule has 5 nitrogen and oxygen atoms in total. The summed E-state index contributed by atoms with van der Waals surface area (Å²) in [5, 5.41) is 3.86. The second-order valence-electron chi connectivity index (χ2n) is 5.53. The number of hydrogen-bond acceptors (Lipinski definition) is 5. The van der Waals surface area contributed by atoms with Gasteiger partial charge in [0.25, 0.3) is 0 Å². The van der Waals surface area contributed by atoms with Crippen LogP contribution in [0.25, 0.3) is 11.1 Å². The lowest BCUT2D eigenvalue weighted by atomic mass is 10.1. The lowest BCUT2D eigenvalue weighted by molar-refractivity contribution is -0.141. The summed E-state index contributed by atoms with van der Waals surface area (Å²) in [6.07, 6.45) is -2.90. The summed E-state index contributed by atoms with van der Waals surface area (Å²) in [6, 6.07) is 9.39. The molecule has 2 N–H and O–H groups in total. The molecule has 0 saturated heterocycles. The second kappa shape index (κ2) is 7.10. The first kappa shape index (κ1) is 17.2.